The number of aromatic nitrogens is 2. The van der Waals surface area contributed by atoms with Gasteiger partial charge in [0.05, 0.1) is 11.9 Å². The summed E-state index contributed by atoms with van der Waals surface area (Å²) in [6, 6.07) is 19.6. The number of hydrazone groups is 1. The Kier molecular flexibility index (Phi) is 10.1. The van der Waals surface area contributed by atoms with E-state index in [-0.39, 0.29) is 47.4 Å². The first-order chi connectivity index (χ1) is 13.2. The third-order valence-electron chi connectivity index (χ3n) is 3.56. The molecule has 8 nitrogen and oxygen atoms in total. The molecule has 0 spiro atoms. The van der Waals surface area contributed by atoms with Crippen molar-refractivity contribution < 1.29 is 33.6 Å². The van der Waals surface area contributed by atoms with Gasteiger partial charge in [-0.25, -0.2) is 10.4 Å². The van der Waals surface area contributed by atoms with Gasteiger partial charge in [-0.2, -0.15) is 5.10 Å². The Morgan fingerprint density at radius 2 is 1.59 bits per heavy atom. The minimum atomic E-state index is -0.514. The van der Waals surface area contributed by atoms with Crippen LogP contribution in [0.2, 0.25) is 0 Å². The Labute approximate surface area is 185 Å². The second-order valence-electron chi connectivity index (χ2n) is 5.53. The molecule has 2 amide bonds. The van der Waals surface area contributed by atoms with Crippen molar-refractivity contribution >= 4 is 18.0 Å². The molecule has 0 unspecified atom stereocenters. The molecule has 0 bridgehead atoms. The molecule has 150 valence electrons. The summed E-state index contributed by atoms with van der Waals surface area (Å²) >= 11 is 0. The largest absolute Gasteiger partial charge is 1.00 e. The molecule has 0 radical (unpaired) electrons. The molecule has 0 saturated heterocycles. The minimum absolute atomic E-state index is 0. The van der Waals surface area contributed by atoms with Crippen molar-refractivity contribution in [3.8, 4) is 0 Å². The van der Waals surface area contributed by atoms with Crippen molar-refractivity contribution in [2.75, 3.05) is 0 Å². The Hall–Kier alpha value is -3.18. The van der Waals surface area contributed by atoms with E-state index in [1.165, 1.54) is 12.3 Å². The molecular formula is C20H21IN6O2. The molecule has 0 fully saturated rings. The maximum absolute atomic E-state index is 12.2. The van der Waals surface area contributed by atoms with Crippen LogP contribution in [0.15, 0.2) is 78.0 Å². The van der Waals surface area contributed by atoms with E-state index in [1.54, 1.807) is 30.5 Å². The van der Waals surface area contributed by atoms with Crippen molar-refractivity contribution in [1.82, 2.24) is 26.9 Å². The Morgan fingerprint density at radius 1 is 0.897 bits per heavy atom. The van der Waals surface area contributed by atoms with Gasteiger partial charge in [0.2, 0.25) is 0 Å². The lowest BCUT2D eigenvalue weighted by Crippen LogP contribution is -3.00. The molecular weight excluding hydrogens is 483 g/mol. The lowest BCUT2D eigenvalue weighted by molar-refractivity contribution is -0.0000223. The van der Waals surface area contributed by atoms with Crippen molar-refractivity contribution in [2.24, 2.45) is 5.10 Å². The van der Waals surface area contributed by atoms with Crippen molar-refractivity contribution in [3.63, 3.8) is 0 Å². The van der Waals surface area contributed by atoms with Crippen LogP contribution in [-0.2, 0) is 6.54 Å². The van der Waals surface area contributed by atoms with Crippen LogP contribution in [0.25, 0.3) is 0 Å². The number of halogens is 1. The highest BCUT2D eigenvalue weighted by atomic mass is 127. The van der Waals surface area contributed by atoms with Crippen LogP contribution in [0.1, 0.15) is 32.2 Å². The van der Waals surface area contributed by atoms with E-state index in [0.717, 1.165) is 5.56 Å². The van der Waals surface area contributed by atoms with E-state index in [2.05, 4.69) is 25.8 Å². The average molecular weight is 504 g/mol. The molecule has 0 aliphatic rings. The Morgan fingerprint density at radius 3 is 2.28 bits per heavy atom. The van der Waals surface area contributed by atoms with Crippen LogP contribution < -0.4 is 40.9 Å². The second-order valence-corrected chi connectivity index (χ2v) is 5.53. The number of amides is 2. The van der Waals surface area contributed by atoms with Gasteiger partial charge in [-0.3, -0.25) is 14.6 Å². The van der Waals surface area contributed by atoms with E-state index < -0.39 is 5.91 Å². The normalized spacial score (nSPS) is 9.79. The van der Waals surface area contributed by atoms with Gasteiger partial charge >= 0.3 is 0 Å². The summed E-state index contributed by atoms with van der Waals surface area (Å²) in [5.74, 6) is -0.870. The van der Waals surface area contributed by atoms with Crippen LogP contribution in [-0.4, -0.2) is 28.0 Å². The van der Waals surface area contributed by atoms with E-state index in [1.807, 2.05) is 36.4 Å². The zero-order chi connectivity index (χ0) is 18.9. The highest BCUT2D eigenvalue weighted by Gasteiger charge is 2.11. The first kappa shape index (κ1) is 23.9. The van der Waals surface area contributed by atoms with Gasteiger partial charge in [0.1, 0.15) is 11.4 Å². The van der Waals surface area contributed by atoms with Gasteiger partial charge < -0.3 is 35.4 Å². The van der Waals surface area contributed by atoms with E-state index in [9.17, 15) is 9.59 Å². The number of quaternary nitrogens is 1. The average Bonchev–Trinajstić information content (AvgIpc) is 2.73. The van der Waals surface area contributed by atoms with Crippen molar-refractivity contribution in [1.29, 1.82) is 0 Å². The monoisotopic (exact) mass is 504 g/mol. The van der Waals surface area contributed by atoms with Crippen LogP contribution in [0, 0.1) is 0 Å². The topological polar surface area (TPSA) is 133 Å². The number of hydrogen-bond acceptors (Lipinski definition) is 5. The smallest absolute Gasteiger partial charge is 0.289 e. The van der Waals surface area contributed by atoms with Gasteiger partial charge in [-0.1, -0.05) is 42.5 Å². The van der Waals surface area contributed by atoms with Gasteiger partial charge in [0.25, 0.3) is 11.8 Å². The molecule has 3 aromatic rings. The number of pyridine rings is 2. The number of rotatable bonds is 6. The molecule has 2 heterocycles. The summed E-state index contributed by atoms with van der Waals surface area (Å²) < 4.78 is 0. The molecule has 2 aromatic heterocycles. The molecule has 0 atom stereocenters. The van der Waals surface area contributed by atoms with Crippen molar-refractivity contribution in [3.05, 3.63) is 95.6 Å². The number of nitrogens with one attached hydrogen (secondary N) is 2. The number of carbonyl (C=O) groups excluding carboxylic acids is 2. The summed E-state index contributed by atoms with van der Waals surface area (Å²) in [5.41, 5.74) is 4.21. The summed E-state index contributed by atoms with van der Waals surface area (Å²) in [7, 11) is 0. The van der Waals surface area contributed by atoms with Crippen LogP contribution >= 0.6 is 0 Å². The van der Waals surface area contributed by atoms with Gasteiger partial charge in [0, 0.05) is 12.7 Å². The highest BCUT2D eigenvalue weighted by Crippen LogP contribution is 2.02. The molecule has 3 rings (SSSR count). The number of nitrogens with zero attached hydrogens (tertiary/aromatic N) is 3. The summed E-state index contributed by atoms with van der Waals surface area (Å²) in [6.07, 6.45) is 3.05. The maximum Gasteiger partial charge on any atom is 0.289 e. The first-order valence-electron chi connectivity index (χ1n) is 8.26. The highest BCUT2D eigenvalue weighted by molar-refractivity contribution is 5.96. The molecule has 1 aromatic carbocycles. The first-order valence-corrected chi connectivity index (χ1v) is 8.26. The fourth-order valence-electron chi connectivity index (χ4n) is 2.22. The second kappa shape index (κ2) is 12.3. The molecule has 0 aliphatic carbocycles. The van der Waals surface area contributed by atoms with Gasteiger partial charge in [0.15, 0.2) is 0 Å². The molecule has 0 saturated carbocycles. The maximum atomic E-state index is 12.2. The van der Waals surface area contributed by atoms with Crippen LogP contribution in [0.3, 0.4) is 0 Å². The molecule has 0 aliphatic heterocycles. The lowest BCUT2D eigenvalue weighted by Gasteiger charge is -2.06. The van der Waals surface area contributed by atoms with Crippen LogP contribution in [0.4, 0.5) is 0 Å². The van der Waals surface area contributed by atoms with E-state index in [0.29, 0.717) is 12.2 Å². The Bertz CT molecular complexity index is 951. The fourth-order valence-corrected chi connectivity index (χ4v) is 2.22. The summed E-state index contributed by atoms with van der Waals surface area (Å²) in [4.78, 5) is 32.6. The van der Waals surface area contributed by atoms with E-state index in [4.69, 9.17) is 0 Å². The third kappa shape index (κ3) is 7.39. The predicted octanol–water partition coefficient (Wildman–Crippen LogP) is -0.449. The molecule has 6 N–H and O–H groups in total. The zero-order valence-electron chi connectivity index (χ0n) is 15.7. The SMILES string of the molecule is O=C(NCc1ccccc1)c1cccc(C(=O)N/N=C/c2ccccn2)n1.[I-].[NH4+]. The third-order valence-corrected chi connectivity index (χ3v) is 3.56. The molecule has 29 heavy (non-hydrogen) atoms. The van der Waals surface area contributed by atoms with Crippen LogP contribution in [0.5, 0.6) is 0 Å². The fraction of sp³-hybridized carbons (Fsp3) is 0.0500. The Balaban J connectivity index is 0.00000210. The number of carbonyl (C=O) groups is 2. The quantitative estimate of drug-likeness (QED) is 0.238. The van der Waals surface area contributed by atoms with Gasteiger partial charge in [-0.05, 0) is 29.8 Å². The van der Waals surface area contributed by atoms with E-state index >= 15 is 0 Å². The van der Waals surface area contributed by atoms with Gasteiger partial charge in [-0.15, -0.1) is 0 Å². The summed E-state index contributed by atoms with van der Waals surface area (Å²) in [6.45, 7) is 0.381. The zero-order valence-corrected chi connectivity index (χ0v) is 17.9. The standard InChI is InChI=1S/C20H17N5O2.HI.H3N/c26-19(22-13-15-7-2-1-3-8-15)17-10-6-11-18(24-17)20(27)25-23-14-16-9-4-5-12-21-16;;/h1-12,14H,13H2,(H,22,26)(H,25,27);1H;1H3/b23-14+;;. The predicted molar refractivity (Wildman–Crippen MR) is 107 cm³/mol. The lowest BCUT2D eigenvalue weighted by atomic mass is 10.2. The molecule has 9 heteroatoms. The summed E-state index contributed by atoms with van der Waals surface area (Å²) in [5, 5.41) is 6.62. The number of hydrogen-bond donors (Lipinski definition) is 3. The number of benzene rings is 1. The minimum Gasteiger partial charge on any atom is -1.00 e. The van der Waals surface area contributed by atoms with Crippen molar-refractivity contribution in [2.45, 2.75) is 6.54 Å².